The lowest BCUT2D eigenvalue weighted by Gasteiger charge is -2.34. The maximum atomic E-state index is 5.32. The topological polar surface area (TPSA) is 51.0 Å². The van der Waals surface area contributed by atoms with E-state index in [2.05, 4.69) is 35.4 Å². The second-order valence-electron chi connectivity index (χ2n) is 6.34. The molecule has 3 unspecified atom stereocenters. The van der Waals surface area contributed by atoms with Gasteiger partial charge in [0.1, 0.15) is 0 Å². The lowest BCUT2D eigenvalue weighted by atomic mass is 9.80. The van der Waals surface area contributed by atoms with Crippen LogP contribution in [0.15, 0.2) is 28.8 Å². The van der Waals surface area contributed by atoms with E-state index in [1.807, 2.05) is 25.1 Å². The number of para-hydroxylation sites is 1. The van der Waals surface area contributed by atoms with E-state index in [9.17, 15) is 0 Å². The number of aryl methyl sites for hydroxylation is 1. The first-order valence-electron chi connectivity index (χ1n) is 7.79. The minimum atomic E-state index is 0.520. The summed E-state index contributed by atoms with van der Waals surface area (Å²) in [5.74, 6) is 2.78. The van der Waals surface area contributed by atoms with Crippen LogP contribution in [0.25, 0.3) is 11.5 Å². The number of aromatic nitrogens is 2. The molecule has 0 amide bonds. The normalized spacial score (nSPS) is 25.8. The molecule has 1 aliphatic carbocycles. The van der Waals surface area contributed by atoms with Crippen molar-refractivity contribution in [2.24, 2.45) is 11.8 Å². The predicted octanol–water partition coefficient (Wildman–Crippen LogP) is 4.28. The van der Waals surface area contributed by atoms with Crippen LogP contribution in [-0.2, 0) is 0 Å². The number of nitrogens with zero attached hydrogens (tertiary/aromatic N) is 2. The van der Waals surface area contributed by atoms with Crippen LogP contribution >= 0.6 is 0 Å². The summed E-state index contributed by atoms with van der Waals surface area (Å²) < 4.78 is 5.32. The van der Waals surface area contributed by atoms with Crippen LogP contribution in [0.5, 0.6) is 0 Å². The van der Waals surface area contributed by atoms with Gasteiger partial charge in [-0.05, 0) is 50.2 Å². The quantitative estimate of drug-likeness (QED) is 0.914. The molecule has 0 bridgehead atoms. The molecule has 1 heterocycles. The Balaban J connectivity index is 1.83. The number of anilines is 1. The van der Waals surface area contributed by atoms with Crippen LogP contribution in [0.4, 0.5) is 5.69 Å². The van der Waals surface area contributed by atoms with Crippen LogP contribution in [0, 0.1) is 18.8 Å². The Bertz CT molecular complexity index is 608. The standard InChI is InChI=1S/C17H23N3O/c1-11-8-9-15(12(2)10-11)19-16-7-5-4-6-14(16)17-18-13(3)20-21-17/h4-7,11-12,15,19H,8-10H2,1-3H3. The molecule has 1 saturated carbocycles. The summed E-state index contributed by atoms with van der Waals surface area (Å²) >= 11 is 0. The van der Waals surface area contributed by atoms with E-state index in [1.54, 1.807) is 0 Å². The zero-order valence-electron chi connectivity index (χ0n) is 13.0. The second kappa shape index (κ2) is 5.88. The fourth-order valence-electron chi connectivity index (χ4n) is 3.28. The molecule has 1 fully saturated rings. The van der Waals surface area contributed by atoms with Crippen molar-refractivity contribution in [2.45, 2.75) is 46.1 Å². The third-order valence-electron chi connectivity index (χ3n) is 4.46. The van der Waals surface area contributed by atoms with Gasteiger partial charge in [-0.2, -0.15) is 4.98 Å². The molecule has 0 spiro atoms. The highest BCUT2D eigenvalue weighted by Gasteiger charge is 2.26. The molecule has 0 aliphatic heterocycles. The lowest BCUT2D eigenvalue weighted by Crippen LogP contribution is -2.33. The highest BCUT2D eigenvalue weighted by molar-refractivity contribution is 5.72. The highest BCUT2D eigenvalue weighted by Crippen LogP contribution is 2.33. The maximum Gasteiger partial charge on any atom is 0.260 e. The van der Waals surface area contributed by atoms with Crippen LogP contribution in [0.3, 0.4) is 0 Å². The van der Waals surface area contributed by atoms with Gasteiger partial charge in [-0.1, -0.05) is 31.1 Å². The van der Waals surface area contributed by atoms with Gasteiger partial charge in [0, 0.05) is 11.7 Å². The molecule has 3 rings (SSSR count). The Kier molecular flexibility index (Phi) is 3.95. The van der Waals surface area contributed by atoms with E-state index in [0.29, 0.717) is 23.7 Å². The SMILES string of the molecule is Cc1noc(-c2ccccc2NC2CCC(C)CC2C)n1. The molecular formula is C17H23N3O. The van der Waals surface area contributed by atoms with Gasteiger partial charge in [0.15, 0.2) is 5.82 Å². The maximum absolute atomic E-state index is 5.32. The third kappa shape index (κ3) is 3.09. The molecule has 4 heteroatoms. The van der Waals surface area contributed by atoms with Crippen LogP contribution < -0.4 is 5.32 Å². The molecule has 3 atom stereocenters. The van der Waals surface area contributed by atoms with E-state index in [0.717, 1.165) is 17.2 Å². The van der Waals surface area contributed by atoms with Gasteiger partial charge in [-0.25, -0.2) is 0 Å². The Morgan fingerprint density at radius 3 is 2.71 bits per heavy atom. The van der Waals surface area contributed by atoms with Crippen molar-refractivity contribution >= 4 is 5.69 Å². The Morgan fingerprint density at radius 1 is 1.19 bits per heavy atom. The molecule has 1 aliphatic rings. The number of nitrogens with one attached hydrogen (secondary N) is 1. The summed E-state index contributed by atoms with van der Waals surface area (Å²) in [6.07, 6.45) is 3.81. The summed E-state index contributed by atoms with van der Waals surface area (Å²) in [7, 11) is 0. The van der Waals surface area contributed by atoms with Gasteiger partial charge < -0.3 is 9.84 Å². The van der Waals surface area contributed by atoms with Gasteiger partial charge in [0.2, 0.25) is 0 Å². The molecule has 0 saturated heterocycles. The van der Waals surface area contributed by atoms with E-state index in [1.165, 1.54) is 19.3 Å². The molecule has 2 aromatic rings. The average Bonchev–Trinajstić information content (AvgIpc) is 2.89. The zero-order valence-corrected chi connectivity index (χ0v) is 13.0. The Labute approximate surface area is 126 Å². The smallest absolute Gasteiger partial charge is 0.260 e. The Hall–Kier alpha value is -1.84. The van der Waals surface area contributed by atoms with Crippen molar-refractivity contribution in [2.75, 3.05) is 5.32 Å². The number of rotatable bonds is 3. The molecule has 1 aromatic heterocycles. The van der Waals surface area contributed by atoms with Gasteiger partial charge in [-0.15, -0.1) is 0 Å². The molecule has 1 N–H and O–H groups in total. The molecule has 112 valence electrons. The van der Waals surface area contributed by atoms with Gasteiger partial charge in [0.05, 0.1) is 5.56 Å². The summed E-state index contributed by atoms with van der Waals surface area (Å²) in [5, 5.41) is 7.59. The first-order valence-corrected chi connectivity index (χ1v) is 7.79. The first kappa shape index (κ1) is 14.1. The zero-order chi connectivity index (χ0) is 14.8. The lowest BCUT2D eigenvalue weighted by molar-refractivity contribution is 0.276. The van der Waals surface area contributed by atoms with Gasteiger partial charge in [-0.3, -0.25) is 0 Å². The summed E-state index contributed by atoms with van der Waals surface area (Å²) in [5.41, 5.74) is 2.08. The highest BCUT2D eigenvalue weighted by atomic mass is 16.5. The van der Waals surface area contributed by atoms with E-state index < -0.39 is 0 Å². The summed E-state index contributed by atoms with van der Waals surface area (Å²) in [6.45, 7) is 6.53. The molecule has 4 nitrogen and oxygen atoms in total. The Morgan fingerprint density at radius 2 is 2.00 bits per heavy atom. The van der Waals surface area contributed by atoms with Crippen LogP contribution in [-0.4, -0.2) is 16.2 Å². The van der Waals surface area contributed by atoms with E-state index >= 15 is 0 Å². The van der Waals surface area contributed by atoms with Crippen molar-refractivity contribution < 1.29 is 4.52 Å². The fourth-order valence-corrected chi connectivity index (χ4v) is 3.28. The van der Waals surface area contributed by atoms with E-state index in [4.69, 9.17) is 4.52 Å². The monoisotopic (exact) mass is 285 g/mol. The van der Waals surface area contributed by atoms with Crippen molar-refractivity contribution in [1.82, 2.24) is 10.1 Å². The van der Waals surface area contributed by atoms with Crippen molar-refractivity contribution in [3.8, 4) is 11.5 Å². The molecule has 0 radical (unpaired) electrons. The summed E-state index contributed by atoms with van der Waals surface area (Å²) in [6, 6.07) is 8.70. The number of benzene rings is 1. The predicted molar refractivity (Wildman–Crippen MR) is 84.1 cm³/mol. The van der Waals surface area contributed by atoms with Crippen molar-refractivity contribution in [3.05, 3.63) is 30.1 Å². The largest absolute Gasteiger partial charge is 0.381 e. The number of hydrogen-bond acceptors (Lipinski definition) is 4. The minimum absolute atomic E-state index is 0.520. The second-order valence-corrected chi connectivity index (χ2v) is 6.34. The fraction of sp³-hybridized carbons (Fsp3) is 0.529. The van der Waals surface area contributed by atoms with Crippen LogP contribution in [0.2, 0.25) is 0 Å². The van der Waals surface area contributed by atoms with Gasteiger partial charge >= 0.3 is 0 Å². The third-order valence-corrected chi connectivity index (χ3v) is 4.46. The van der Waals surface area contributed by atoms with Crippen LogP contribution in [0.1, 0.15) is 38.9 Å². The van der Waals surface area contributed by atoms with Crippen molar-refractivity contribution in [3.63, 3.8) is 0 Å². The first-order chi connectivity index (χ1) is 10.1. The van der Waals surface area contributed by atoms with Gasteiger partial charge in [0.25, 0.3) is 5.89 Å². The van der Waals surface area contributed by atoms with Crippen molar-refractivity contribution in [1.29, 1.82) is 0 Å². The molecule has 21 heavy (non-hydrogen) atoms. The average molecular weight is 285 g/mol. The molecular weight excluding hydrogens is 262 g/mol. The minimum Gasteiger partial charge on any atom is -0.381 e. The molecule has 1 aromatic carbocycles. The number of hydrogen-bond donors (Lipinski definition) is 1. The summed E-state index contributed by atoms with van der Waals surface area (Å²) in [4.78, 5) is 4.35. The van der Waals surface area contributed by atoms with E-state index in [-0.39, 0.29) is 0 Å².